The van der Waals surface area contributed by atoms with Crippen LogP contribution in [-0.4, -0.2) is 25.8 Å². The van der Waals surface area contributed by atoms with E-state index in [1.165, 1.54) is 7.11 Å². The quantitative estimate of drug-likeness (QED) is 0.430. The maximum Gasteiger partial charge on any atom is 0.174 e. The Hall–Kier alpha value is -3.60. The summed E-state index contributed by atoms with van der Waals surface area (Å²) in [5, 5.41) is 0. The van der Waals surface area contributed by atoms with Crippen LogP contribution in [0.15, 0.2) is 66.7 Å². The third kappa shape index (κ3) is 3.79. The highest BCUT2D eigenvalue weighted by Crippen LogP contribution is 2.37. The predicted molar refractivity (Wildman–Crippen MR) is 113 cm³/mol. The molecule has 1 aliphatic rings. The fraction of sp³-hybridized carbons (Fsp3) is 0.200. The first-order chi connectivity index (χ1) is 14.6. The highest BCUT2D eigenvalue weighted by Gasteiger charge is 2.37. The van der Waals surface area contributed by atoms with E-state index in [1.807, 2.05) is 30.3 Å². The van der Waals surface area contributed by atoms with Gasteiger partial charge in [0.2, 0.25) is 0 Å². The highest BCUT2D eigenvalue weighted by molar-refractivity contribution is 6.19. The van der Waals surface area contributed by atoms with Crippen LogP contribution in [0.2, 0.25) is 0 Å². The van der Waals surface area contributed by atoms with Crippen LogP contribution >= 0.6 is 0 Å². The smallest absolute Gasteiger partial charge is 0.174 e. The van der Waals surface area contributed by atoms with Crippen molar-refractivity contribution in [1.29, 1.82) is 0 Å². The molecule has 0 N–H and O–H groups in total. The lowest BCUT2D eigenvalue weighted by Crippen LogP contribution is -2.20. The Kier molecular flexibility index (Phi) is 5.53. The van der Waals surface area contributed by atoms with Gasteiger partial charge in [0.15, 0.2) is 23.1 Å². The largest absolute Gasteiger partial charge is 0.493 e. The van der Waals surface area contributed by atoms with Crippen molar-refractivity contribution >= 4 is 11.6 Å². The first-order valence-corrected chi connectivity index (χ1v) is 9.71. The molecule has 1 aliphatic carbocycles. The molecule has 5 nitrogen and oxygen atoms in total. The maximum atomic E-state index is 13.0. The molecule has 5 heteroatoms. The Bertz CT molecular complexity index is 1070. The van der Waals surface area contributed by atoms with Gasteiger partial charge >= 0.3 is 0 Å². The van der Waals surface area contributed by atoms with Gasteiger partial charge in [-0.05, 0) is 53.9 Å². The third-order valence-corrected chi connectivity index (χ3v) is 5.32. The molecule has 30 heavy (non-hydrogen) atoms. The molecule has 0 spiro atoms. The van der Waals surface area contributed by atoms with E-state index in [0.717, 1.165) is 11.1 Å². The number of ether oxygens (including phenoxy) is 3. The van der Waals surface area contributed by atoms with Crippen molar-refractivity contribution in [2.45, 2.75) is 13.0 Å². The van der Waals surface area contributed by atoms with Gasteiger partial charge < -0.3 is 14.2 Å². The Labute approximate surface area is 175 Å². The zero-order chi connectivity index (χ0) is 21.1. The lowest BCUT2D eigenvalue weighted by molar-refractivity contribution is 0.0822. The van der Waals surface area contributed by atoms with E-state index in [-0.39, 0.29) is 11.6 Å². The highest BCUT2D eigenvalue weighted by atomic mass is 16.5. The molecule has 0 saturated carbocycles. The van der Waals surface area contributed by atoms with Gasteiger partial charge in [-0.1, -0.05) is 30.3 Å². The average Bonchev–Trinajstić information content (AvgIpc) is 3.12. The van der Waals surface area contributed by atoms with Crippen LogP contribution in [0.3, 0.4) is 0 Å². The summed E-state index contributed by atoms with van der Waals surface area (Å²) in [4.78, 5) is 25.9. The fourth-order valence-corrected chi connectivity index (χ4v) is 3.69. The van der Waals surface area contributed by atoms with Crippen molar-refractivity contribution in [1.82, 2.24) is 0 Å². The summed E-state index contributed by atoms with van der Waals surface area (Å²) in [6.45, 7) is 0.453. The molecule has 0 heterocycles. The van der Waals surface area contributed by atoms with Crippen LogP contribution in [0.1, 0.15) is 31.8 Å². The van der Waals surface area contributed by atoms with Crippen molar-refractivity contribution in [2.75, 3.05) is 14.2 Å². The second-order valence-electron chi connectivity index (χ2n) is 7.15. The van der Waals surface area contributed by atoms with E-state index in [9.17, 15) is 9.59 Å². The average molecular weight is 402 g/mol. The molecule has 0 aromatic heterocycles. The van der Waals surface area contributed by atoms with E-state index >= 15 is 0 Å². The molecule has 0 saturated heterocycles. The van der Waals surface area contributed by atoms with E-state index < -0.39 is 5.92 Å². The van der Waals surface area contributed by atoms with Crippen molar-refractivity contribution < 1.29 is 23.8 Å². The van der Waals surface area contributed by atoms with Gasteiger partial charge in [-0.2, -0.15) is 0 Å². The van der Waals surface area contributed by atoms with Gasteiger partial charge in [0.25, 0.3) is 0 Å². The number of hydrogen-bond donors (Lipinski definition) is 0. The fourth-order valence-electron chi connectivity index (χ4n) is 3.69. The summed E-state index contributed by atoms with van der Waals surface area (Å²) >= 11 is 0. The molecule has 0 radical (unpaired) electrons. The number of rotatable bonds is 7. The normalized spacial score (nSPS) is 14.9. The number of benzene rings is 3. The minimum Gasteiger partial charge on any atom is -0.493 e. The number of hydrogen-bond acceptors (Lipinski definition) is 5. The SMILES string of the molecule is COc1cc2c(cc1OC)C(=O)C(C(=O)c1ccc(OCc3ccccc3)cc1)C2. The lowest BCUT2D eigenvalue weighted by atomic mass is 9.94. The van der Waals surface area contributed by atoms with Crippen LogP contribution in [0.25, 0.3) is 0 Å². The topological polar surface area (TPSA) is 61.8 Å². The molecule has 152 valence electrons. The molecular formula is C25H22O5. The van der Waals surface area contributed by atoms with Crippen molar-refractivity contribution in [3.63, 3.8) is 0 Å². The Balaban J connectivity index is 1.47. The summed E-state index contributed by atoms with van der Waals surface area (Å²) in [6.07, 6.45) is 0.361. The van der Waals surface area contributed by atoms with Gasteiger partial charge in [0.05, 0.1) is 20.1 Å². The van der Waals surface area contributed by atoms with Crippen molar-refractivity contribution in [3.05, 3.63) is 89.0 Å². The number of carbonyl (C=O) groups excluding carboxylic acids is 2. The van der Waals surface area contributed by atoms with E-state index in [0.29, 0.717) is 41.4 Å². The zero-order valence-electron chi connectivity index (χ0n) is 16.9. The van der Waals surface area contributed by atoms with E-state index in [2.05, 4.69) is 0 Å². The van der Waals surface area contributed by atoms with Crippen LogP contribution in [0.5, 0.6) is 17.2 Å². The minimum atomic E-state index is -0.729. The summed E-state index contributed by atoms with van der Waals surface area (Å²) in [6, 6.07) is 20.2. The number of carbonyl (C=O) groups is 2. The zero-order valence-corrected chi connectivity index (χ0v) is 16.9. The minimum absolute atomic E-state index is 0.180. The van der Waals surface area contributed by atoms with Crippen LogP contribution in [0, 0.1) is 5.92 Å². The molecule has 1 unspecified atom stereocenters. The number of ketones is 2. The molecule has 0 fully saturated rings. The van der Waals surface area contributed by atoms with Crippen molar-refractivity contribution in [3.8, 4) is 17.2 Å². The molecular weight excluding hydrogens is 380 g/mol. The molecule has 1 atom stereocenters. The van der Waals surface area contributed by atoms with Gasteiger partial charge in [0.1, 0.15) is 12.4 Å². The summed E-state index contributed by atoms with van der Waals surface area (Å²) in [5.74, 6) is 0.609. The summed E-state index contributed by atoms with van der Waals surface area (Å²) in [5.41, 5.74) is 2.89. The number of fused-ring (bicyclic) bond motifs is 1. The Morgan fingerprint density at radius 3 is 2.27 bits per heavy atom. The monoisotopic (exact) mass is 402 g/mol. The van der Waals surface area contributed by atoms with Crippen molar-refractivity contribution in [2.24, 2.45) is 5.92 Å². The van der Waals surface area contributed by atoms with Crippen LogP contribution in [-0.2, 0) is 13.0 Å². The van der Waals surface area contributed by atoms with E-state index in [1.54, 1.807) is 43.5 Å². The molecule has 0 bridgehead atoms. The first kappa shape index (κ1) is 19.7. The van der Waals surface area contributed by atoms with Gasteiger partial charge in [0, 0.05) is 11.1 Å². The summed E-state index contributed by atoms with van der Waals surface area (Å²) < 4.78 is 16.4. The molecule has 0 amide bonds. The lowest BCUT2D eigenvalue weighted by Gasteiger charge is -2.09. The molecule has 0 aliphatic heterocycles. The van der Waals surface area contributed by atoms with Gasteiger partial charge in [-0.15, -0.1) is 0 Å². The molecule has 3 aromatic rings. The predicted octanol–water partition coefficient (Wildman–Crippen LogP) is 4.52. The second kappa shape index (κ2) is 8.41. The van der Waals surface area contributed by atoms with Crippen LogP contribution < -0.4 is 14.2 Å². The number of methoxy groups -OCH3 is 2. The standard InChI is InChI=1S/C25H22O5/c1-28-22-13-18-12-21(25(27)20(18)14-23(22)29-2)24(26)17-8-10-19(11-9-17)30-15-16-6-4-3-5-7-16/h3-11,13-14,21H,12,15H2,1-2H3. The third-order valence-electron chi connectivity index (χ3n) is 5.32. The first-order valence-electron chi connectivity index (χ1n) is 9.71. The van der Waals surface area contributed by atoms with Gasteiger partial charge in [-0.3, -0.25) is 9.59 Å². The van der Waals surface area contributed by atoms with Crippen LogP contribution in [0.4, 0.5) is 0 Å². The second-order valence-corrected chi connectivity index (χ2v) is 7.15. The molecule has 3 aromatic carbocycles. The number of Topliss-reactive ketones (excluding diaryl/α,β-unsaturated/α-hetero) is 2. The molecule has 4 rings (SSSR count). The Morgan fingerprint density at radius 1 is 0.933 bits per heavy atom. The van der Waals surface area contributed by atoms with E-state index in [4.69, 9.17) is 14.2 Å². The maximum absolute atomic E-state index is 13.0. The van der Waals surface area contributed by atoms with Gasteiger partial charge in [-0.25, -0.2) is 0 Å². The Morgan fingerprint density at radius 2 is 1.60 bits per heavy atom. The summed E-state index contributed by atoms with van der Waals surface area (Å²) in [7, 11) is 3.07.